The maximum Gasteiger partial charge on any atom is 0.303 e. The number of ether oxygens (including phenoxy) is 2. The Labute approximate surface area is 162 Å². The molecular formula is C23H30O4. The molecule has 146 valence electrons. The highest BCUT2D eigenvalue weighted by Crippen LogP contribution is 2.35. The number of hydrogen-bond donors (Lipinski definition) is 1. The lowest BCUT2D eigenvalue weighted by Crippen LogP contribution is -2.08. The number of aliphatic carboxylic acids is 1. The molecule has 0 aliphatic heterocycles. The van der Waals surface area contributed by atoms with Gasteiger partial charge in [0.2, 0.25) is 0 Å². The molecule has 0 saturated heterocycles. The second-order valence-electron chi connectivity index (χ2n) is 6.91. The third-order valence-corrected chi connectivity index (χ3v) is 4.88. The first kappa shape index (κ1) is 20.8. The highest BCUT2D eigenvalue weighted by atomic mass is 16.5. The van der Waals surface area contributed by atoms with Crippen molar-refractivity contribution >= 4 is 5.97 Å². The Morgan fingerprint density at radius 2 is 1.93 bits per heavy atom. The zero-order valence-corrected chi connectivity index (χ0v) is 16.5. The molecule has 0 aromatic heterocycles. The van der Waals surface area contributed by atoms with Crippen molar-refractivity contribution in [1.29, 1.82) is 0 Å². The maximum absolute atomic E-state index is 11.3. The van der Waals surface area contributed by atoms with Gasteiger partial charge in [-0.05, 0) is 42.0 Å². The van der Waals surface area contributed by atoms with Crippen molar-refractivity contribution in [2.24, 2.45) is 0 Å². The third kappa shape index (κ3) is 6.31. The van der Waals surface area contributed by atoms with Crippen LogP contribution in [0.2, 0.25) is 0 Å². The number of carboxylic acid groups (broad SMARTS) is 1. The van der Waals surface area contributed by atoms with Gasteiger partial charge in [-0.3, -0.25) is 4.79 Å². The summed E-state index contributed by atoms with van der Waals surface area (Å²) in [5.74, 6) is 0.592. The highest BCUT2D eigenvalue weighted by Gasteiger charge is 2.20. The van der Waals surface area contributed by atoms with E-state index in [1.54, 1.807) is 7.11 Å². The average Bonchev–Trinajstić information content (AvgIpc) is 2.66. The van der Waals surface area contributed by atoms with Crippen LogP contribution >= 0.6 is 0 Å². The minimum atomic E-state index is -0.779. The van der Waals surface area contributed by atoms with Crippen LogP contribution in [0.15, 0.2) is 42.5 Å². The first-order valence-electron chi connectivity index (χ1n) is 9.62. The summed E-state index contributed by atoms with van der Waals surface area (Å²) in [6.07, 6.45) is 4.20. The van der Waals surface area contributed by atoms with Crippen molar-refractivity contribution in [1.82, 2.24) is 0 Å². The molecule has 2 rings (SSSR count). The Morgan fingerprint density at radius 1 is 1.15 bits per heavy atom. The summed E-state index contributed by atoms with van der Waals surface area (Å²) in [7, 11) is 1.62. The van der Waals surface area contributed by atoms with Crippen molar-refractivity contribution in [2.45, 2.75) is 58.5 Å². The van der Waals surface area contributed by atoms with Gasteiger partial charge in [0.25, 0.3) is 0 Å². The lowest BCUT2D eigenvalue weighted by atomic mass is 9.89. The molecule has 0 radical (unpaired) electrons. The molecule has 2 aromatic rings. The van der Waals surface area contributed by atoms with Gasteiger partial charge >= 0.3 is 5.97 Å². The molecule has 0 saturated carbocycles. The normalized spacial score (nSPS) is 11.8. The van der Waals surface area contributed by atoms with Crippen LogP contribution in [0.3, 0.4) is 0 Å². The van der Waals surface area contributed by atoms with Crippen molar-refractivity contribution < 1.29 is 19.4 Å². The summed E-state index contributed by atoms with van der Waals surface area (Å²) in [5.41, 5.74) is 3.28. The van der Waals surface area contributed by atoms with Crippen LogP contribution in [0.25, 0.3) is 0 Å². The minimum Gasteiger partial charge on any atom is -0.496 e. The zero-order valence-electron chi connectivity index (χ0n) is 16.5. The second kappa shape index (κ2) is 10.6. The molecule has 27 heavy (non-hydrogen) atoms. The van der Waals surface area contributed by atoms with Crippen LogP contribution in [-0.4, -0.2) is 18.2 Å². The number of rotatable bonds is 11. The number of hydrogen-bond acceptors (Lipinski definition) is 3. The van der Waals surface area contributed by atoms with E-state index in [4.69, 9.17) is 9.47 Å². The number of methoxy groups -OCH3 is 1. The number of unbranched alkanes of at least 4 members (excludes halogenated alkanes) is 2. The van der Waals surface area contributed by atoms with E-state index >= 15 is 0 Å². The summed E-state index contributed by atoms with van der Waals surface area (Å²) in [4.78, 5) is 11.3. The van der Waals surface area contributed by atoms with E-state index in [-0.39, 0.29) is 12.3 Å². The van der Waals surface area contributed by atoms with Crippen molar-refractivity contribution in [3.63, 3.8) is 0 Å². The molecule has 4 heteroatoms. The van der Waals surface area contributed by atoms with Crippen LogP contribution in [0.1, 0.15) is 61.6 Å². The maximum atomic E-state index is 11.3. The van der Waals surface area contributed by atoms with E-state index in [0.29, 0.717) is 12.4 Å². The Bertz CT molecular complexity index is 739. The Morgan fingerprint density at radius 3 is 2.59 bits per heavy atom. The molecule has 0 bridgehead atoms. The van der Waals surface area contributed by atoms with Gasteiger partial charge in [0.1, 0.15) is 18.1 Å². The first-order chi connectivity index (χ1) is 13.0. The lowest BCUT2D eigenvalue weighted by molar-refractivity contribution is -0.137. The van der Waals surface area contributed by atoms with Gasteiger partial charge in [-0.1, -0.05) is 56.5 Å². The largest absolute Gasteiger partial charge is 0.496 e. The Hall–Kier alpha value is -2.49. The fourth-order valence-corrected chi connectivity index (χ4v) is 3.27. The Balaban J connectivity index is 2.14. The molecule has 1 N–H and O–H groups in total. The summed E-state index contributed by atoms with van der Waals surface area (Å²) < 4.78 is 11.5. The van der Waals surface area contributed by atoms with E-state index in [2.05, 4.69) is 26.0 Å². The molecule has 0 aliphatic carbocycles. The smallest absolute Gasteiger partial charge is 0.303 e. The molecule has 0 heterocycles. The number of carbonyl (C=O) groups is 1. The van der Waals surface area contributed by atoms with E-state index in [9.17, 15) is 9.90 Å². The van der Waals surface area contributed by atoms with Crippen LogP contribution in [0, 0.1) is 6.92 Å². The summed E-state index contributed by atoms with van der Waals surface area (Å²) in [5, 5.41) is 9.29. The predicted octanol–water partition coefficient (Wildman–Crippen LogP) is 5.72. The van der Waals surface area contributed by atoms with Gasteiger partial charge in [-0.15, -0.1) is 0 Å². The lowest BCUT2D eigenvalue weighted by Gasteiger charge is -2.19. The Kier molecular flexibility index (Phi) is 8.18. The fourth-order valence-electron chi connectivity index (χ4n) is 3.27. The number of carboxylic acids is 1. The van der Waals surface area contributed by atoms with Crippen LogP contribution in [-0.2, 0) is 11.4 Å². The predicted molar refractivity (Wildman–Crippen MR) is 108 cm³/mol. The first-order valence-corrected chi connectivity index (χ1v) is 9.62. The molecule has 2 aromatic carbocycles. The van der Waals surface area contributed by atoms with Crippen molar-refractivity contribution in [3.8, 4) is 11.5 Å². The van der Waals surface area contributed by atoms with Crippen LogP contribution in [0.5, 0.6) is 11.5 Å². The van der Waals surface area contributed by atoms with Crippen LogP contribution in [0.4, 0.5) is 0 Å². The van der Waals surface area contributed by atoms with E-state index in [1.165, 1.54) is 5.56 Å². The molecule has 1 unspecified atom stereocenters. The summed E-state index contributed by atoms with van der Waals surface area (Å²) >= 11 is 0. The average molecular weight is 370 g/mol. The third-order valence-electron chi connectivity index (χ3n) is 4.88. The zero-order chi connectivity index (χ0) is 19.6. The molecular weight excluding hydrogens is 340 g/mol. The van der Waals surface area contributed by atoms with E-state index in [1.807, 2.05) is 30.3 Å². The highest BCUT2D eigenvalue weighted by molar-refractivity contribution is 5.68. The van der Waals surface area contributed by atoms with Gasteiger partial charge in [-0.2, -0.15) is 0 Å². The van der Waals surface area contributed by atoms with Gasteiger partial charge in [0, 0.05) is 6.07 Å². The van der Waals surface area contributed by atoms with Gasteiger partial charge in [0.05, 0.1) is 13.5 Å². The topological polar surface area (TPSA) is 55.8 Å². The molecule has 0 fully saturated rings. The van der Waals surface area contributed by atoms with E-state index < -0.39 is 5.97 Å². The fraction of sp³-hybridized carbons (Fsp3) is 0.435. The monoisotopic (exact) mass is 370 g/mol. The number of aryl methyl sites for hydroxylation is 1. The van der Waals surface area contributed by atoms with Crippen molar-refractivity contribution in [3.05, 3.63) is 59.2 Å². The second-order valence-corrected chi connectivity index (χ2v) is 6.91. The SMILES string of the molecule is CCCCCC(CC(=O)O)c1ccc(OCc2ccccc2C)cc1OC. The number of benzene rings is 2. The standard InChI is InChI=1S/C23H30O4/c1-4-5-6-10-18(14-23(24)25)21-13-12-20(15-22(21)26-3)27-16-19-11-8-7-9-17(19)2/h7-9,11-13,15,18H,4-6,10,14,16H2,1-3H3,(H,24,25). The van der Waals surface area contributed by atoms with E-state index in [0.717, 1.165) is 42.6 Å². The quantitative estimate of drug-likeness (QED) is 0.514. The summed E-state index contributed by atoms with van der Waals surface area (Å²) in [6.45, 7) is 4.70. The molecule has 4 nitrogen and oxygen atoms in total. The van der Waals surface area contributed by atoms with Crippen LogP contribution < -0.4 is 9.47 Å². The van der Waals surface area contributed by atoms with Gasteiger partial charge < -0.3 is 14.6 Å². The van der Waals surface area contributed by atoms with Gasteiger partial charge in [0.15, 0.2) is 0 Å². The summed E-state index contributed by atoms with van der Waals surface area (Å²) in [6, 6.07) is 13.9. The van der Waals surface area contributed by atoms with Crippen molar-refractivity contribution in [2.75, 3.05) is 7.11 Å². The molecule has 0 spiro atoms. The molecule has 1 atom stereocenters. The van der Waals surface area contributed by atoms with Gasteiger partial charge in [-0.25, -0.2) is 0 Å². The molecule has 0 amide bonds. The minimum absolute atomic E-state index is 0.0468. The molecule has 0 aliphatic rings.